The highest BCUT2D eigenvalue weighted by Gasteiger charge is 2.18. The van der Waals surface area contributed by atoms with Crippen molar-refractivity contribution in [2.45, 2.75) is 13.3 Å². The van der Waals surface area contributed by atoms with Gasteiger partial charge in [0, 0.05) is 24.2 Å². The van der Waals surface area contributed by atoms with E-state index in [1.807, 2.05) is 19.0 Å². The lowest BCUT2D eigenvalue weighted by Gasteiger charge is -2.10. The first kappa shape index (κ1) is 18.6. The van der Waals surface area contributed by atoms with Gasteiger partial charge in [0.1, 0.15) is 0 Å². The summed E-state index contributed by atoms with van der Waals surface area (Å²) in [6, 6.07) is 3.54. The zero-order valence-corrected chi connectivity index (χ0v) is 13.5. The summed E-state index contributed by atoms with van der Waals surface area (Å²) >= 11 is 0. The molecule has 8 heteroatoms. The Morgan fingerprint density at radius 1 is 1.26 bits per heavy atom. The molecule has 0 radical (unpaired) electrons. The fraction of sp³-hybridized carbons (Fsp3) is 0.467. The Morgan fingerprint density at radius 3 is 2.48 bits per heavy atom. The highest BCUT2D eigenvalue weighted by molar-refractivity contribution is 5.98. The molecule has 126 valence electrons. The van der Waals surface area contributed by atoms with Gasteiger partial charge < -0.3 is 15.0 Å². The van der Waals surface area contributed by atoms with E-state index in [9.17, 15) is 19.7 Å². The van der Waals surface area contributed by atoms with Crippen LogP contribution in [0.25, 0.3) is 0 Å². The lowest BCUT2D eigenvalue weighted by atomic mass is 10.1. The molecule has 0 fully saturated rings. The van der Waals surface area contributed by atoms with Gasteiger partial charge in [-0.05, 0) is 40.1 Å². The van der Waals surface area contributed by atoms with Crippen LogP contribution in [-0.2, 0) is 4.74 Å². The number of carbonyl (C=O) groups is 2. The zero-order valence-electron chi connectivity index (χ0n) is 13.5. The maximum absolute atomic E-state index is 12.1. The van der Waals surface area contributed by atoms with Crippen LogP contribution >= 0.6 is 0 Å². The number of hydrogen-bond donors (Lipinski definition) is 1. The second-order valence-corrected chi connectivity index (χ2v) is 5.16. The van der Waals surface area contributed by atoms with Crippen LogP contribution in [-0.4, -0.2) is 55.5 Å². The number of rotatable bonds is 8. The largest absolute Gasteiger partial charge is 0.462 e. The van der Waals surface area contributed by atoms with Crippen molar-refractivity contribution in [1.82, 2.24) is 10.2 Å². The number of benzene rings is 1. The average molecular weight is 323 g/mol. The molecule has 0 saturated heterocycles. The smallest absolute Gasteiger partial charge is 0.338 e. The Kier molecular flexibility index (Phi) is 7.14. The van der Waals surface area contributed by atoms with Gasteiger partial charge in [0.15, 0.2) is 0 Å². The monoisotopic (exact) mass is 323 g/mol. The molecule has 0 atom stereocenters. The van der Waals surface area contributed by atoms with Crippen molar-refractivity contribution >= 4 is 17.6 Å². The summed E-state index contributed by atoms with van der Waals surface area (Å²) in [5.41, 5.74) is -0.277. The number of nitro groups is 1. The number of nitrogens with zero attached hydrogens (tertiary/aromatic N) is 2. The predicted octanol–water partition coefficient (Wildman–Crippen LogP) is 1.45. The molecule has 8 nitrogen and oxygen atoms in total. The highest BCUT2D eigenvalue weighted by Crippen LogP contribution is 2.18. The Balaban J connectivity index is 2.89. The summed E-state index contributed by atoms with van der Waals surface area (Å²) in [7, 11) is 3.85. The quantitative estimate of drug-likeness (QED) is 0.336. The van der Waals surface area contributed by atoms with Gasteiger partial charge in [0.25, 0.3) is 11.6 Å². The molecule has 1 N–H and O–H groups in total. The SMILES string of the molecule is CCOC(=O)c1cc(C(=O)NCCCN(C)C)cc([N+](=O)[O-])c1. The van der Waals surface area contributed by atoms with E-state index in [0.717, 1.165) is 25.1 Å². The van der Waals surface area contributed by atoms with Gasteiger partial charge in [-0.1, -0.05) is 0 Å². The van der Waals surface area contributed by atoms with E-state index in [1.54, 1.807) is 6.92 Å². The number of nitrogens with one attached hydrogen (secondary N) is 1. The second kappa shape index (κ2) is 8.84. The fourth-order valence-electron chi connectivity index (χ4n) is 1.88. The summed E-state index contributed by atoms with van der Waals surface area (Å²) in [6.45, 7) is 3.03. The van der Waals surface area contributed by atoms with Crippen LogP contribution < -0.4 is 5.32 Å². The number of carbonyl (C=O) groups excluding carboxylic acids is 2. The van der Waals surface area contributed by atoms with Gasteiger partial charge in [0.2, 0.25) is 0 Å². The Bertz CT molecular complexity index is 586. The summed E-state index contributed by atoms with van der Waals surface area (Å²) in [6.07, 6.45) is 0.748. The zero-order chi connectivity index (χ0) is 17.4. The third kappa shape index (κ3) is 6.03. The third-order valence-electron chi connectivity index (χ3n) is 2.97. The van der Waals surface area contributed by atoms with Gasteiger partial charge in [-0.25, -0.2) is 4.79 Å². The standard InChI is InChI=1S/C15H21N3O5/c1-4-23-15(20)12-8-11(9-13(10-12)18(21)22)14(19)16-6-5-7-17(2)3/h8-10H,4-7H2,1-3H3,(H,16,19). The van der Waals surface area contributed by atoms with Crippen molar-refractivity contribution in [1.29, 1.82) is 0 Å². The Hall–Kier alpha value is -2.48. The first-order chi connectivity index (χ1) is 10.8. The number of hydrogen-bond acceptors (Lipinski definition) is 6. The lowest BCUT2D eigenvalue weighted by Crippen LogP contribution is -2.27. The van der Waals surface area contributed by atoms with Gasteiger partial charge in [0.05, 0.1) is 17.1 Å². The third-order valence-corrected chi connectivity index (χ3v) is 2.97. The van der Waals surface area contributed by atoms with E-state index in [1.165, 1.54) is 6.07 Å². The van der Waals surface area contributed by atoms with Crippen LogP contribution in [0.2, 0.25) is 0 Å². The normalized spacial score (nSPS) is 10.4. The van der Waals surface area contributed by atoms with Crippen molar-refractivity contribution in [3.05, 3.63) is 39.4 Å². The van der Waals surface area contributed by atoms with Crippen LogP contribution in [0, 0.1) is 10.1 Å². The number of nitro benzene ring substituents is 1. The summed E-state index contributed by atoms with van der Waals surface area (Å²) < 4.78 is 4.82. The minimum Gasteiger partial charge on any atom is -0.462 e. The van der Waals surface area contributed by atoms with E-state index in [4.69, 9.17) is 4.74 Å². The van der Waals surface area contributed by atoms with Crippen LogP contribution in [0.3, 0.4) is 0 Å². The van der Waals surface area contributed by atoms with Crippen molar-refractivity contribution in [2.75, 3.05) is 33.8 Å². The van der Waals surface area contributed by atoms with Gasteiger partial charge in [-0.3, -0.25) is 14.9 Å². The summed E-state index contributed by atoms with van der Waals surface area (Å²) in [4.78, 5) is 36.1. The predicted molar refractivity (Wildman–Crippen MR) is 84.6 cm³/mol. The lowest BCUT2D eigenvalue weighted by molar-refractivity contribution is -0.384. The van der Waals surface area contributed by atoms with Crippen molar-refractivity contribution in [3.8, 4) is 0 Å². The molecule has 0 heterocycles. The second-order valence-electron chi connectivity index (χ2n) is 5.16. The fourth-order valence-corrected chi connectivity index (χ4v) is 1.88. The molecule has 0 aliphatic carbocycles. The number of amides is 1. The molecule has 0 aromatic heterocycles. The maximum Gasteiger partial charge on any atom is 0.338 e. The molecule has 0 aliphatic heterocycles. The van der Waals surface area contributed by atoms with Crippen molar-refractivity contribution in [3.63, 3.8) is 0 Å². The van der Waals surface area contributed by atoms with Gasteiger partial charge in [-0.2, -0.15) is 0 Å². The number of esters is 1. The van der Waals surface area contributed by atoms with Crippen molar-refractivity contribution < 1.29 is 19.2 Å². The van der Waals surface area contributed by atoms with Crippen LogP contribution in [0.1, 0.15) is 34.1 Å². The van der Waals surface area contributed by atoms with E-state index < -0.39 is 16.8 Å². The maximum atomic E-state index is 12.1. The first-order valence-corrected chi connectivity index (χ1v) is 7.24. The van der Waals surface area contributed by atoms with Crippen molar-refractivity contribution in [2.24, 2.45) is 0 Å². The molecule has 0 aliphatic rings. The van der Waals surface area contributed by atoms with E-state index in [-0.39, 0.29) is 23.4 Å². The van der Waals surface area contributed by atoms with E-state index >= 15 is 0 Å². The molecule has 1 aromatic carbocycles. The minimum atomic E-state index is -0.696. The average Bonchev–Trinajstić information content (AvgIpc) is 2.50. The Morgan fingerprint density at radius 2 is 1.91 bits per heavy atom. The van der Waals surface area contributed by atoms with E-state index in [0.29, 0.717) is 6.54 Å². The topological polar surface area (TPSA) is 102 Å². The minimum absolute atomic E-state index is 0.0144. The molecule has 0 unspecified atom stereocenters. The summed E-state index contributed by atoms with van der Waals surface area (Å²) in [5.74, 6) is -1.16. The Labute approximate surface area is 134 Å². The molecule has 1 rings (SSSR count). The molecule has 1 amide bonds. The molecule has 0 saturated carbocycles. The molecule has 1 aromatic rings. The van der Waals surface area contributed by atoms with E-state index in [2.05, 4.69) is 5.32 Å². The molecular weight excluding hydrogens is 302 g/mol. The molecule has 0 spiro atoms. The molecule has 0 bridgehead atoms. The first-order valence-electron chi connectivity index (χ1n) is 7.24. The summed E-state index contributed by atoms with van der Waals surface area (Å²) in [5, 5.41) is 13.6. The number of non-ortho nitro benzene ring substituents is 1. The van der Waals surface area contributed by atoms with Gasteiger partial charge in [-0.15, -0.1) is 0 Å². The van der Waals surface area contributed by atoms with Crippen LogP contribution in [0.4, 0.5) is 5.69 Å². The van der Waals surface area contributed by atoms with Gasteiger partial charge >= 0.3 is 5.97 Å². The van der Waals surface area contributed by atoms with Crippen LogP contribution in [0.15, 0.2) is 18.2 Å². The molecule has 23 heavy (non-hydrogen) atoms. The van der Waals surface area contributed by atoms with Crippen LogP contribution in [0.5, 0.6) is 0 Å². The highest BCUT2D eigenvalue weighted by atomic mass is 16.6. The molecular formula is C15H21N3O5. The number of ether oxygens (including phenoxy) is 1.